The smallest absolute Gasteiger partial charge is 0.256 e. The van der Waals surface area contributed by atoms with Gasteiger partial charge >= 0.3 is 6.18 Å². The molecule has 0 atom stereocenters. The molecule has 0 aliphatic carbocycles. The Hall–Kier alpha value is -1.29. The number of rotatable bonds is 0. The van der Waals surface area contributed by atoms with Crippen molar-refractivity contribution in [2.24, 2.45) is 0 Å². The van der Waals surface area contributed by atoms with E-state index in [0.717, 1.165) is 17.7 Å². The van der Waals surface area contributed by atoms with E-state index in [0.29, 0.717) is 10.4 Å². The van der Waals surface area contributed by atoms with Crippen LogP contribution in [-0.2, 0) is 6.18 Å². The van der Waals surface area contributed by atoms with Crippen LogP contribution in [0.15, 0.2) is 24.4 Å². The van der Waals surface area contributed by atoms with E-state index < -0.39 is 11.7 Å². The average Bonchev–Trinajstić information content (AvgIpc) is 2.22. The van der Waals surface area contributed by atoms with Gasteiger partial charge in [-0.05, 0) is 24.6 Å². The lowest BCUT2D eigenvalue weighted by molar-refractivity contribution is -0.137. The number of aromatic nitrogens is 1. The summed E-state index contributed by atoms with van der Waals surface area (Å²) in [6.07, 6.45) is -2.89. The first-order valence-corrected chi connectivity index (χ1v) is 4.89. The van der Waals surface area contributed by atoms with Gasteiger partial charge in [-0.1, -0.05) is 17.7 Å². The Bertz CT molecular complexity index is 549. The van der Waals surface area contributed by atoms with E-state index in [1.54, 1.807) is 6.92 Å². The Kier molecular flexibility index (Phi) is 2.54. The number of fused-ring (bicyclic) bond motifs is 1. The molecule has 5 heteroatoms. The van der Waals surface area contributed by atoms with Crippen molar-refractivity contribution in [3.8, 4) is 0 Å². The fourth-order valence-electron chi connectivity index (χ4n) is 1.44. The number of hydrogen-bond acceptors (Lipinski definition) is 1. The second kappa shape index (κ2) is 3.63. The predicted octanol–water partition coefficient (Wildman–Crippen LogP) is 4.22. The second-order valence-electron chi connectivity index (χ2n) is 3.48. The minimum absolute atomic E-state index is 0.255. The average molecular weight is 246 g/mol. The number of halogens is 4. The van der Waals surface area contributed by atoms with Gasteiger partial charge in [0, 0.05) is 11.6 Å². The van der Waals surface area contributed by atoms with Gasteiger partial charge in [0.05, 0.1) is 16.1 Å². The van der Waals surface area contributed by atoms with Gasteiger partial charge in [0.25, 0.3) is 0 Å². The van der Waals surface area contributed by atoms with Crippen molar-refractivity contribution in [1.82, 2.24) is 4.98 Å². The van der Waals surface area contributed by atoms with Crippen molar-refractivity contribution in [1.29, 1.82) is 0 Å². The van der Waals surface area contributed by atoms with Gasteiger partial charge < -0.3 is 0 Å². The van der Waals surface area contributed by atoms with Crippen molar-refractivity contribution in [2.75, 3.05) is 0 Å². The molecule has 84 valence electrons. The lowest BCUT2D eigenvalue weighted by Gasteiger charge is -2.08. The molecule has 0 N–H and O–H groups in total. The SMILES string of the molecule is Cc1cnc2cc(C(F)(F)F)ccc2c1Cl. The summed E-state index contributed by atoms with van der Waals surface area (Å²) >= 11 is 5.97. The van der Waals surface area contributed by atoms with Gasteiger partial charge in [-0.15, -0.1) is 0 Å². The molecule has 0 radical (unpaired) electrons. The molecule has 1 aromatic carbocycles. The van der Waals surface area contributed by atoms with E-state index >= 15 is 0 Å². The van der Waals surface area contributed by atoms with Gasteiger partial charge in [-0.3, -0.25) is 4.98 Å². The number of hydrogen-bond donors (Lipinski definition) is 0. The molecule has 1 nitrogen and oxygen atoms in total. The largest absolute Gasteiger partial charge is 0.416 e. The van der Waals surface area contributed by atoms with Crippen LogP contribution < -0.4 is 0 Å². The van der Waals surface area contributed by atoms with Crippen LogP contribution in [0.5, 0.6) is 0 Å². The van der Waals surface area contributed by atoms with Crippen LogP contribution in [0.4, 0.5) is 13.2 Å². The third kappa shape index (κ3) is 1.85. The van der Waals surface area contributed by atoms with E-state index in [9.17, 15) is 13.2 Å². The first kappa shape index (κ1) is 11.2. The fourth-order valence-corrected chi connectivity index (χ4v) is 1.64. The molecule has 0 aliphatic rings. The van der Waals surface area contributed by atoms with Crippen LogP contribution in [0.2, 0.25) is 5.02 Å². The topological polar surface area (TPSA) is 12.9 Å². The van der Waals surface area contributed by atoms with E-state index in [1.165, 1.54) is 12.3 Å². The van der Waals surface area contributed by atoms with Crippen LogP contribution >= 0.6 is 11.6 Å². The normalized spacial score (nSPS) is 12.1. The predicted molar refractivity (Wildman–Crippen MR) is 56.5 cm³/mol. The summed E-state index contributed by atoms with van der Waals surface area (Å²) < 4.78 is 37.3. The Labute approximate surface area is 94.9 Å². The highest BCUT2D eigenvalue weighted by atomic mass is 35.5. The Balaban J connectivity index is 2.70. The highest BCUT2D eigenvalue weighted by molar-refractivity contribution is 6.36. The standard InChI is InChI=1S/C11H7ClF3N/c1-6-5-16-9-4-7(11(13,14)15)2-3-8(9)10(6)12/h2-5H,1H3. The summed E-state index contributed by atoms with van der Waals surface area (Å²) in [6.45, 7) is 1.76. The zero-order valence-electron chi connectivity index (χ0n) is 8.27. The third-order valence-corrected chi connectivity index (χ3v) is 2.81. The molecule has 1 aromatic heterocycles. The number of pyridine rings is 1. The van der Waals surface area contributed by atoms with E-state index in [2.05, 4.69) is 4.98 Å². The van der Waals surface area contributed by atoms with Crippen molar-refractivity contribution in [3.05, 3.63) is 40.5 Å². The molecule has 16 heavy (non-hydrogen) atoms. The Morgan fingerprint density at radius 3 is 2.56 bits per heavy atom. The monoisotopic (exact) mass is 245 g/mol. The lowest BCUT2D eigenvalue weighted by atomic mass is 10.1. The summed E-state index contributed by atoms with van der Waals surface area (Å²) in [5, 5.41) is 0.980. The number of aryl methyl sites for hydroxylation is 1. The molecular weight excluding hydrogens is 239 g/mol. The molecule has 0 saturated carbocycles. The van der Waals surface area contributed by atoms with Gasteiger partial charge in [-0.25, -0.2) is 0 Å². The lowest BCUT2D eigenvalue weighted by Crippen LogP contribution is -2.04. The van der Waals surface area contributed by atoms with Crippen molar-refractivity contribution in [2.45, 2.75) is 13.1 Å². The number of nitrogens with zero attached hydrogens (tertiary/aromatic N) is 1. The summed E-state index contributed by atoms with van der Waals surface area (Å²) in [7, 11) is 0. The second-order valence-corrected chi connectivity index (χ2v) is 3.86. The van der Waals surface area contributed by atoms with Crippen LogP contribution in [0.3, 0.4) is 0 Å². The summed E-state index contributed by atoms with van der Waals surface area (Å²) in [6, 6.07) is 3.36. The molecule has 0 unspecified atom stereocenters. The molecule has 1 heterocycles. The summed E-state index contributed by atoms with van der Waals surface area (Å²) in [4.78, 5) is 3.93. The Morgan fingerprint density at radius 2 is 1.94 bits per heavy atom. The van der Waals surface area contributed by atoms with Crippen LogP contribution in [-0.4, -0.2) is 4.98 Å². The number of benzene rings is 1. The maximum absolute atomic E-state index is 12.4. The minimum Gasteiger partial charge on any atom is -0.256 e. The highest BCUT2D eigenvalue weighted by Crippen LogP contribution is 2.33. The van der Waals surface area contributed by atoms with E-state index in [4.69, 9.17) is 11.6 Å². The molecule has 0 bridgehead atoms. The highest BCUT2D eigenvalue weighted by Gasteiger charge is 2.30. The van der Waals surface area contributed by atoms with E-state index in [-0.39, 0.29) is 5.52 Å². The van der Waals surface area contributed by atoms with Crippen LogP contribution in [0.1, 0.15) is 11.1 Å². The first-order valence-electron chi connectivity index (χ1n) is 4.51. The summed E-state index contributed by atoms with van der Waals surface area (Å²) in [5.41, 5.74) is 0.284. The molecule has 0 saturated heterocycles. The van der Waals surface area contributed by atoms with Gasteiger partial charge in [0.2, 0.25) is 0 Å². The maximum atomic E-state index is 12.4. The van der Waals surface area contributed by atoms with Crippen molar-refractivity contribution in [3.63, 3.8) is 0 Å². The first-order chi connectivity index (χ1) is 7.39. The summed E-state index contributed by atoms with van der Waals surface area (Å²) in [5.74, 6) is 0. The molecular formula is C11H7ClF3N. The molecule has 0 fully saturated rings. The molecule has 2 rings (SSSR count). The quantitative estimate of drug-likeness (QED) is 0.677. The number of alkyl halides is 3. The zero-order valence-corrected chi connectivity index (χ0v) is 9.02. The van der Waals surface area contributed by atoms with Gasteiger partial charge in [0.1, 0.15) is 0 Å². The molecule has 0 aliphatic heterocycles. The van der Waals surface area contributed by atoms with Crippen LogP contribution in [0.25, 0.3) is 10.9 Å². The van der Waals surface area contributed by atoms with Gasteiger partial charge in [-0.2, -0.15) is 13.2 Å². The van der Waals surface area contributed by atoms with Gasteiger partial charge in [0.15, 0.2) is 0 Å². The zero-order chi connectivity index (χ0) is 11.9. The minimum atomic E-state index is -4.35. The molecule has 0 spiro atoms. The molecule has 2 aromatic rings. The third-order valence-electron chi connectivity index (χ3n) is 2.31. The Morgan fingerprint density at radius 1 is 1.25 bits per heavy atom. The van der Waals surface area contributed by atoms with Crippen molar-refractivity contribution >= 4 is 22.5 Å². The molecule has 0 amide bonds. The van der Waals surface area contributed by atoms with Crippen molar-refractivity contribution < 1.29 is 13.2 Å². The van der Waals surface area contributed by atoms with E-state index in [1.807, 2.05) is 0 Å². The fraction of sp³-hybridized carbons (Fsp3) is 0.182. The van der Waals surface area contributed by atoms with Crippen LogP contribution in [0, 0.1) is 6.92 Å². The maximum Gasteiger partial charge on any atom is 0.416 e.